The number of ketones is 1. The molecule has 1 fully saturated rings. The van der Waals surface area contributed by atoms with Crippen LogP contribution < -0.4 is 4.90 Å². The number of hydrogen-bond donors (Lipinski definition) is 0. The maximum Gasteiger partial charge on any atom is 0.159 e. The monoisotopic (exact) mass is 203 g/mol. The van der Waals surface area contributed by atoms with E-state index < -0.39 is 0 Å². The number of rotatable bonds is 1. The van der Waals surface area contributed by atoms with Gasteiger partial charge in [0.15, 0.2) is 5.78 Å². The van der Waals surface area contributed by atoms with Crippen molar-refractivity contribution in [1.82, 2.24) is 0 Å². The molecule has 80 valence electrons. The third-order valence-electron chi connectivity index (χ3n) is 3.27. The molecule has 2 nitrogen and oxygen atoms in total. The van der Waals surface area contributed by atoms with E-state index in [1.807, 2.05) is 13.8 Å². The molecule has 0 spiro atoms. The Morgan fingerprint density at radius 2 is 1.80 bits per heavy atom. The lowest BCUT2D eigenvalue weighted by atomic mass is 10.00. The summed E-state index contributed by atoms with van der Waals surface area (Å²) in [5, 5.41) is 0. The Labute approximate surface area is 90.9 Å². The summed E-state index contributed by atoms with van der Waals surface area (Å²) in [5.74, 6) is 0.336. The predicted octanol–water partition coefficient (Wildman–Crippen LogP) is 2.55. The van der Waals surface area contributed by atoms with Crippen LogP contribution in [0.25, 0.3) is 0 Å². The van der Waals surface area contributed by atoms with Gasteiger partial charge in [0.05, 0.1) is 5.54 Å². The van der Waals surface area contributed by atoms with Gasteiger partial charge in [0, 0.05) is 18.7 Å². The maximum atomic E-state index is 11.7. The molecule has 0 unspecified atom stereocenters. The zero-order valence-electron chi connectivity index (χ0n) is 9.58. The number of hydrogen-bond acceptors (Lipinski definition) is 2. The van der Waals surface area contributed by atoms with Gasteiger partial charge in [0.1, 0.15) is 0 Å². The molecule has 0 atom stereocenters. The molecule has 2 rings (SSSR count). The molecule has 0 saturated carbocycles. The molecule has 0 aromatic heterocycles. The fourth-order valence-corrected chi connectivity index (χ4v) is 2.13. The molecule has 2 heteroatoms. The van der Waals surface area contributed by atoms with Crippen LogP contribution in [0.5, 0.6) is 0 Å². The first kappa shape index (κ1) is 10.2. The summed E-state index contributed by atoms with van der Waals surface area (Å²) in [5.41, 5.74) is 2.06. The number of carbonyl (C=O) groups is 1. The summed E-state index contributed by atoms with van der Waals surface area (Å²) < 4.78 is 0. The first-order chi connectivity index (χ1) is 7.01. The Kier molecular flexibility index (Phi) is 2.29. The molecular weight excluding hydrogens is 186 g/mol. The van der Waals surface area contributed by atoms with Gasteiger partial charge in [0.25, 0.3) is 0 Å². The Morgan fingerprint density at radius 1 is 1.20 bits per heavy atom. The van der Waals surface area contributed by atoms with E-state index in [4.69, 9.17) is 0 Å². The Balaban J connectivity index is 2.32. The van der Waals surface area contributed by atoms with E-state index in [0.29, 0.717) is 12.2 Å². The van der Waals surface area contributed by atoms with Gasteiger partial charge in [-0.05, 0) is 32.9 Å². The first-order valence-electron chi connectivity index (χ1n) is 5.39. The van der Waals surface area contributed by atoms with Crippen molar-refractivity contribution in [3.63, 3.8) is 0 Å². The minimum absolute atomic E-state index is 0.336. The van der Waals surface area contributed by atoms with Crippen molar-refractivity contribution >= 4 is 11.5 Å². The molecule has 1 aromatic carbocycles. The van der Waals surface area contributed by atoms with Crippen molar-refractivity contribution in [3.05, 3.63) is 29.8 Å². The highest BCUT2D eigenvalue weighted by Crippen LogP contribution is 2.31. The number of aryl methyl sites for hydroxylation is 1. The second-order valence-corrected chi connectivity index (χ2v) is 4.72. The third kappa shape index (κ3) is 1.65. The van der Waals surface area contributed by atoms with Gasteiger partial charge in [-0.2, -0.15) is 0 Å². The van der Waals surface area contributed by atoms with Crippen molar-refractivity contribution in [1.29, 1.82) is 0 Å². The second-order valence-electron chi connectivity index (χ2n) is 4.72. The number of carbonyl (C=O) groups excluding carboxylic acids is 1. The SMILES string of the molecule is Cc1ccc(N2CCC(=O)C2(C)C)cc1. The highest BCUT2D eigenvalue weighted by Gasteiger charge is 2.39. The van der Waals surface area contributed by atoms with Crippen LogP contribution in [0.4, 0.5) is 5.69 Å². The van der Waals surface area contributed by atoms with Crippen LogP contribution in [0.1, 0.15) is 25.8 Å². The third-order valence-corrected chi connectivity index (χ3v) is 3.27. The standard InChI is InChI=1S/C13H17NO/c1-10-4-6-11(7-5-10)14-9-8-12(15)13(14,2)3/h4-7H,8-9H2,1-3H3. The molecule has 0 amide bonds. The van der Waals surface area contributed by atoms with Gasteiger partial charge in [-0.15, -0.1) is 0 Å². The molecule has 1 aliphatic rings. The largest absolute Gasteiger partial charge is 0.359 e. The molecule has 0 bridgehead atoms. The maximum absolute atomic E-state index is 11.7. The van der Waals surface area contributed by atoms with Gasteiger partial charge in [-0.3, -0.25) is 4.79 Å². The highest BCUT2D eigenvalue weighted by atomic mass is 16.1. The van der Waals surface area contributed by atoms with Crippen LogP contribution in [-0.2, 0) is 4.79 Å². The smallest absolute Gasteiger partial charge is 0.159 e. The molecule has 1 aromatic rings. The highest BCUT2D eigenvalue weighted by molar-refractivity contribution is 5.94. The van der Waals surface area contributed by atoms with Gasteiger partial charge < -0.3 is 4.90 Å². The lowest BCUT2D eigenvalue weighted by molar-refractivity contribution is -0.120. The number of benzene rings is 1. The summed E-state index contributed by atoms with van der Waals surface area (Å²) in [6.07, 6.45) is 0.668. The van der Waals surface area contributed by atoms with Crippen LogP contribution in [-0.4, -0.2) is 17.9 Å². The zero-order valence-corrected chi connectivity index (χ0v) is 9.58. The average Bonchev–Trinajstić information content (AvgIpc) is 2.44. The fraction of sp³-hybridized carbons (Fsp3) is 0.462. The summed E-state index contributed by atoms with van der Waals surface area (Å²) in [4.78, 5) is 13.9. The Bertz CT molecular complexity index is 378. The topological polar surface area (TPSA) is 20.3 Å². The van der Waals surface area contributed by atoms with E-state index in [1.54, 1.807) is 0 Å². The molecule has 1 saturated heterocycles. The predicted molar refractivity (Wildman–Crippen MR) is 62.2 cm³/mol. The van der Waals surface area contributed by atoms with Gasteiger partial charge in [-0.1, -0.05) is 17.7 Å². The number of nitrogens with zero attached hydrogens (tertiary/aromatic N) is 1. The van der Waals surface area contributed by atoms with Crippen molar-refractivity contribution < 1.29 is 4.79 Å². The van der Waals surface area contributed by atoms with Crippen LogP contribution >= 0.6 is 0 Å². The van der Waals surface area contributed by atoms with Crippen LogP contribution in [0.15, 0.2) is 24.3 Å². The van der Waals surface area contributed by atoms with Gasteiger partial charge in [0.2, 0.25) is 0 Å². The van der Waals surface area contributed by atoms with E-state index in [1.165, 1.54) is 5.56 Å². The lowest BCUT2D eigenvalue weighted by Gasteiger charge is -2.32. The Morgan fingerprint density at radius 3 is 2.27 bits per heavy atom. The quantitative estimate of drug-likeness (QED) is 0.699. The van der Waals surface area contributed by atoms with E-state index in [9.17, 15) is 4.79 Å². The van der Waals surface area contributed by atoms with Gasteiger partial charge in [-0.25, -0.2) is 0 Å². The molecule has 1 aliphatic heterocycles. The van der Waals surface area contributed by atoms with E-state index in [0.717, 1.165) is 12.2 Å². The lowest BCUT2D eigenvalue weighted by Crippen LogP contribution is -2.42. The number of anilines is 1. The van der Waals surface area contributed by atoms with Crippen molar-refractivity contribution in [2.45, 2.75) is 32.7 Å². The second kappa shape index (κ2) is 3.37. The van der Waals surface area contributed by atoms with E-state index >= 15 is 0 Å². The summed E-state index contributed by atoms with van der Waals surface area (Å²) in [6.45, 7) is 6.92. The van der Waals surface area contributed by atoms with Crippen LogP contribution in [0, 0.1) is 6.92 Å². The minimum Gasteiger partial charge on any atom is -0.359 e. The van der Waals surface area contributed by atoms with Crippen LogP contribution in [0.3, 0.4) is 0 Å². The van der Waals surface area contributed by atoms with E-state index in [-0.39, 0.29) is 5.54 Å². The fourth-order valence-electron chi connectivity index (χ4n) is 2.13. The van der Waals surface area contributed by atoms with Crippen LogP contribution in [0.2, 0.25) is 0 Å². The summed E-state index contributed by atoms with van der Waals surface area (Å²) in [6, 6.07) is 8.37. The Hall–Kier alpha value is -1.31. The molecule has 0 aliphatic carbocycles. The van der Waals surface area contributed by atoms with Crippen molar-refractivity contribution in [2.75, 3.05) is 11.4 Å². The average molecular weight is 203 g/mol. The summed E-state index contributed by atoms with van der Waals surface area (Å²) >= 11 is 0. The van der Waals surface area contributed by atoms with E-state index in [2.05, 4.69) is 36.1 Å². The van der Waals surface area contributed by atoms with Gasteiger partial charge >= 0.3 is 0 Å². The number of Topliss-reactive ketones (excluding diaryl/α,β-unsaturated/α-hetero) is 1. The van der Waals surface area contributed by atoms with Crippen molar-refractivity contribution in [3.8, 4) is 0 Å². The molecular formula is C13H17NO. The molecule has 0 radical (unpaired) electrons. The van der Waals surface area contributed by atoms with Crippen molar-refractivity contribution in [2.24, 2.45) is 0 Å². The summed E-state index contributed by atoms with van der Waals surface area (Å²) in [7, 11) is 0. The molecule has 15 heavy (non-hydrogen) atoms. The molecule has 0 N–H and O–H groups in total. The normalized spacial score (nSPS) is 19.7. The first-order valence-corrected chi connectivity index (χ1v) is 5.39. The zero-order chi connectivity index (χ0) is 11.1. The minimum atomic E-state index is -0.338. The molecule has 1 heterocycles.